The Morgan fingerprint density at radius 3 is 2.96 bits per heavy atom. The number of hydrogen-bond acceptors (Lipinski definition) is 7. The number of carbonyl (C=O) groups is 1. The van der Waals surface area contributed by atoms with E-state index in [1.807, 2.05) is 11.5 Å². The quantitative estimate of drug-likeness (QED) is 0.527. The second-order valence-corrected chi connectivity index (χ2v) is 7.91. The summed E-state index contributed by atoms with van der Waals surface area (Å²) in [7, 11) is -3.62. The zero-order valence-corrected chi connectivity index (χ0v) is 14.6. The third-order valence-electron chi connectivity index (χ3n) is 3.68. The van der Waals surface area contributed by atoms with Crippen LogP contribution in [0.3, 0.4) is 0 Å². The molecule has 1 aromatic rings. The zero-order valence-electron chi connectivity index (χ0n) is 13.0. The maximum atomic E-state index is 12.6. The number of fused-ring (bicyclic) bond motifs is 2. The number of hydrogen-bond donors (Lipinski definition) is 0. The molecule has 0 aliphatic carbocycles. The number of urea groups is 1. The summed E-state index contributed by atoms with van der Waals surface area (Å²) in [5.41, 5.74) is 0.767. The van der Waals surface area contributed by atoms with Gasteiger partial charge in [0.1, 0.15) is 5.01 Å². The summed E-state index contributed by atoms with van der Waals surface area (Å²) in [4.78, 5) is 23.8. The lowest BCUT2D eigenvalue weighted by molar-refractivity contribution is -0.107. The highest BCUT2D eigenvalue weighted by Crippen LogP contribution is 2.35. The number of carbonyl (C=O) groups excluding carboxylic acids is 1. The molecule has 1 unspecified atom stereocenters. The van der Waals surface area contributed by atoms with Crippen molar-refractivity contribution >= 4 is 33.1 Å². The highest BCUT2D eigenvalue weighted by Gasteiger charge is 2.46. The molecule has 2 aliphatic rings. The van der Waals surface area contributed by atoms with Crippen molar-refractivity contribution in [2.45, 2.75) is 12.1 Å². The smallest absolute Gasteiger partial charge is 0.311 e. The highest BCUT2D eigenvalue weighted by molar-refractivity contribution is 7.85. The van der Waals surface area contributed by atoms with Gasteiger partial charge in [0.15, 0.2) is 0 Å². The van der Waals surface area contributed by atoms with Gasteiger partial charge >= 0.3 is 6.03 Å². The van der Waals surface area contributed by atoms with Gasteiger partial charge in [0.05, 0.1) is 31.6 Å². The number of rotatable bonds is 7. The van der Waals surface area contributed by atoms with Crippen LogP contribution in [0.2, 0.25) is 0 Å². The van der Waals surface area contributed by atoms with Crippen molar-refractivity contribution in [1.29, 1.82) is 0 Å². The van der Waals surface area contributed by atoms with Crippen LogP contribution in [-0.2, 0) is 19.1 Å². The summed E-state index contributed by atoms with van der Waals surface area (Å²) in [6.45, 7) is 4.03. The highest BCUT2D eigenvalue weighted by atomic mass is 32.2. The zero-order chi connectivity index (χ0) is 17.3. The van der Waals surface area contributed by atoms with Crippen LogP contribution in [0.1, 0.15) is 5.01 Å². The van der Waals surface area contributed by atoms with Crippen LogP contribution in [0.25, 0.3) is 5.57 Å². The van der Waals surface area contributed by atoms with Gasteiger partial charge in [0, 0.05) is 23.7 Å². The van der Waals surface area contributed by atoms with Gasteiger partial charge in [-0.05, 0) is 6.08 Å². The molecule has 24 heavy (non-hydrogen) atoms. The standard InChI is InChI=1S/C14H17N3O5S2/c1-3-5-21-17-10-7-11(13-15-4-6-23-13)12(9-22-24(2,19)20)16(8-10)14(17)18/h3-4,6-7,10,12H,1,5,8-9H2,2H3/t10?,12-/m1/s1. The third-order valence-corrected chi connectivity index (χ3v) is 5.06. The number of thiazole rings is 1. The minimum Gasteiger partial charge on any atom is -0.311 e. The van der Waals surface area contributed by atoms with Gasteiger partial charge in [0.2, 0.25) is 0 Å². The summed E-state index contributed by atoms with van der Waals surface area (Å²) in [6.07, 6.45) is 6.09. The van der Waals surface area contributed by atoms with E-state index in [0.29, 0.717) is 6.54 Å². The number of aromatic nitrogens is 1. The van der Waals surface area contributed by atoms with Crippen LogP contribution in [0.15, 0.2) is 30.3 Å². The van der Waals surface area contributed by atoms with Crippen molar-refractivity contribution in [3.63, 3.8) is 0 Å². The van der Waals surface area contributed by atoms with Gasteiger partial charge in [-0.3, -0.25) is 9.02 Å². The van der Waals surface area contributed by atoms with Crippen molar-refractivity contribution in [2.24, 2.45) is 0 Å². The first-order valence-electron chi connectivity index (χ1n) is 7.20. The summed E-state index contributed by atoms with van der Waals surface area (Å²) < 4.78 is 27.7. The summed E-state index contributed by atoms with van der Waals surface area (Å²) in [6, 6.07) is -1.12. The molecule has 130 valence electrons. The predicted molar refractivity (Wildman–Crippen MR) is 88.6 cm³/mol. The molecule has 3 rings (SSSR count). The summed E-state index contributed by atoms with van der Waals surface area (Å²) >= 11 is 1.42. The Morgan fingerprint density at radius 2 is 2.33 bits per heavy atom. The van der Waals surface area contributed by atoms with Crippen LogP contribution in [0, 0.1) is 0 Å². The van der Waals surface area contributed by atoms with Crippen molar-refractivity contribution < 1.29 is 22.2 Å². The second kappa shape index (κ2) is 6.63. The molecular formula is C14H17N3O5S2. The largest absolute Gasteiger partial charge is 0.345 e. The molecule has 10 heteroatoms. The molecule has 1 aromatic heterocycles. The fourth-order valence-electron chi connectivity index (χ4n) is 2.72. The Balaban J connectivity index is 1.91. The monoisotopic (exact) mass is 371 g/mol. The molecule has 3 heterocycles. The number of nitrogens with zero attached hydrogens (tertiary/aromatic N) is 3. The molecule has 2 bridgehead atoms. The average molecular weight is 371 g/mol. The summed E-state index contributed by atoms with van der Waals surface area (Å²) in [5.74, 6) is 0. The molecule has 0 N–H and O–H groups in total. The van der Waals surface area contributed by atoms with Crippen molar-refractivity contribution in [3.05, 3.63) is 35.3 Å². The molecule has 1 saturated heterocycles. The van der Waals surface area contributed by atoms with Crippen LogP contribution in [-0.4, -0.2) is 67.5 Å². The van der Waals surface area contributed by atoms with E-state index in [9.17, 15) is 13.2 Å². The van der Waals surface area contributed by atoms with Gasteiger partial charge in [0.25, 0.3) is 10.1 Å². The minimum atomic E-state index is -3.62. The first-order valence-corrected chi connectivity index (χ1v) is 9.90. The third kappa shape index (κ3) is 3.36. The van der Waals surface area contributed by atoms with Crippen LogP contribution < -0.4 is 0 Å². The molecule has 1 fully saturated rings. The Morgan fingerprint density at radius 1 is 1.54 bits per heavy atom. The van der Waals surface area contributed by atoms with E-state index in [0.717, 1.165) is 16.8 Å². The average Bonchev–Trinajstić information content (AvgIpc) is 3.13. The Bertz CT molecular complexity index is 759. The first kappa shape index (κ1) is 17.1. The molecule has 0 spiro atoms. The van der Waals surface area contributed by atoms with E-state index in [1.165, 1.54) is 16.4 Å². The van der Waals surface area contributed by atoms with Gasteiger partial charge in [-0.1, -0.05) is 6.08 Å². The van der Waals surface area contributed by atoms with E-state index in [2.05, 4.69) is 11.6 Å². The van der Waals surface area contributed by atoms with E-state index >= 15 is 0 Å². The molecule has 2 amide bonds. The normalized spacial score (nSPS) is 23.5. The maximum absolute atomic E-state index is 12.6. The number of amides is 2. The van der Waals surface area contributed by atoms with E-state index < -0.39 is 16.2 Å². The Labute approximate surface area is 144 Å². The van der Waals surface area contributed by atoms with E-state index in [4.69, 9.17) is 9.02 Å². The predicted octanol–water partition coefficient (Wildman–Crippen LogP) is 1.11. The van der Waals surface area contributed by atoms with E-state index in [-0.39, 0.29) is 25.3 Å². The van der Waals surface area contributed by atoms with Gasteiger partial charge < -0.3 is 4.90 Å². The molecular weight excluding hydrogens is 354 g/mol. The van der Waals surface area contributed by atoms with Crippen molar-refractivity contribution in [2.75, 3.05) is 26.0 Å². The fourth-order valence-corrected chi connectivity index (χ4v) is 3.81. The Kier molecular flexibility index (Phi) is 4.72. The maximum Gasteiger partial charge on any atom is 0.345 e. The lowest BCUT2D eigenvalue weighted by Gasteiger charge is -2.30. The topological polar surface area (TPSA) is 89.0 Å². The number of hydroxylamine groups is 2. The molecule has 0 radical (unpaired) electrons. The second-order valence-electron chi connectivity index (χ2n) is 5.38. The lowest BCUT2D eigenvalue weighted by Crippen LogP contribution is -2.43. The van der Waals surface area contributed by atoms with Gasteiger partial charge in [-0.2, -0.15) is 13.5 Å². The van der Waals surface area contributed by atoms with E-state index in [1.54, 1.807) is 17.2 Å². The molecule has 0 saturated carbocycles. The summed E-state index contributed by atoms with van der Waals surface area (Å²) in [5, 5.41) is 3.84. The molecule has 0 aromatic carbocycles. The minimum absolute atomic E-state index is 0.155. The van der Waals surface area contributed by atoms with Crippen LogP contribution in [0.4, 0.5) is 4.79 Å². The van der Waals surface area contributed by atoms with Crippen molar-refractivity contribution in [1.82, 2.24) is 14.9 Å². The van der Waals surface area contributed by atoms with Gasteiger partial charge in [-0.25, -0.2) is 9.78 Å². The van der Waals surface area contributed by atoms with Crippen LogP contribution in [0.5, 0.6) is 0 Å². The first-order chi connectivity index (χ1) is 11.4. The van der Waals surface area contributed by atoms with Crippen LogP contribution >= 0.6 is 11.3 Å². The molecule has 2 atom stereocenters. The van der Waals surface area contributed by atoms with Crippen molar-refractivity contribution in [3.8, 4) is 0 Å². The van der Waals surface area contributed by atoms with Gasteiger partial charge in [-0.15, -0.1) is 17.9 Å². The Hall–Kier alpha value is -1.75. The SMILES string of the molecule is C=CCON1C(=O)N2CC1C=C(c1nccs1)[C@H]2COS(C)(=O)=O. The molecule has 8 nitrogen and oxygen atoms in total. The lowest BCUT2D eigenvalue weighted by atomic mass is 10.0. The molecule has 2 aliphatic heterocycles. The fraction of sp³-hybridized carbons (Fsp3) is 0.429.